The van der Waals surface area contributed by atoms with Gasteiger partial charge in [-0.15, -0.1) is 0 Å². The molecule has 0 heterocycles. The molecule has 0 bridgehead atoms. The summed E-state index contributed by atoms with van der Waals surface area (Å²) in [5.74, 6) is -3.13. The average Bonchev–Trinajstić information content (AvgIpc) is 2.61. The van der Waals surface area contributed by atoms with Gasteiger partial charge in [-0.25, -0.2) is 13.2 Å². The fourth-order valence-electron chi connectivity index (χ4n) is 2.83. The van der Waals surface area contributed by atoms with Crippen LogP contribution >= 0.6 is 0 Å². The van der Waals surface area contributed by atoms with Crippen molar-refractivity contribution in [3.05, 3.63) is 76.7 Å². The molecular formula is C20H19F3N4O. The summed E-state index contributed by atoms with van der Waals surface area (Å²) >= 11 is 0. The van der Waals surface area contributed by atoms with Gasteiger partial charge in [-0.05, 0) is 48.5 Å². The van der Waals surface area contributed by atoms with Gasteiger partial charge in [-0.1, -0.05) is 6.07 Å². The third kappa shape index (κ3) is 4.92. The van der Waals surface area contributed by atoms with Crippen molar-refractivity contribution in [1.82, 2.24) is 0 Å². The van der Waals surface area contributed by atoms with Crippen LogP contribution < -0.4 is 11.5 Å². The Labute approximate surface area is 160 Å². The van der Waals surface area contributed by atoms with E-state index in [0.29, 0.717) is 22.4 Å². The fraction of sp³-hybridized carbons (Fsp3) is 0.150. The van der Waals surface area contributed by atoms with E-state index in [1.54, 1.807) is 0 Å². The number of nitrogens with two attached hydrogens (primary N) is 2. The van der Waals surface area contributed by atoms with Crippen LogP contribution in [0.3, 0.4) is 0 Å². The van der Waals surface area contributed by atoms with Crippen LogP contribution in [0, 0.1) is 17.5 Å². The van der Waals surface area contributed by atoms with Crippen molar-refractivity contribution >= 4 is 23.9 Å². The molecule has 8 heteroatoms. The molecule has 0 aliphatic heterocycles. The molecule has 0 saturated heterocycles. The summed E-state index contributed by atoms with van der Waals surface area (Å²) in [5.41, 5.74) is 12.6. The van der Waals surface area contributed by atoms with E-state index in [1.807, 2.05) is 0 Å². The van der Waals surface area contributed by atoms with Crippen LogP contribution in [-0.4, -0.2) is 31.4 Å². The molecule has 0 spiro atoms. The van der Waals surface area contributed by atoms with Crippen molar-refractivity contribution in [2.24, 2.45) is 21.5 Å². The Bertz CT molecular complexity index is 950. The third-order valence-corrected chi connectivity index (χ3v) is 4.01. The van der Waals surface area contributed by atoms with E-state index in [9.17, 15) is 18.0 Å². The van der Waals surface area contributed by atoms with Crippen LogP contribution in [0.15, 0.2) is 52.6 Å². The predicted molar refractivity (Wildman–Crippen MR) is 104 cm³/mol. The Hall–Kier alpha value is -3.26. The van der Waals surface area contributed by atoms with E-state index >= 15 is 0 Å². The molecule has 4 N–H and O–H groups in total. The van der Waals surface area contributed by atoms with Crippen LogP contribution in [0.5, 0.6) is 0 Å². The monoisotopic (exact) mass is 388 g/mol. The number of carbonyl (C=O) groups is 1. The number of hydrogen-bond acceptors (Lipinski definition) is 4. The predicted octanol–water partition coefficient (Wildman–Crippen LogP) is 2.89. The Morgan fingerprint density at radius 3 is 2.36 bits per heavy atom. The number of primary amides is 1. The summed E-state index contributed by atoms with van der Waals surface area (Å²) in [5, 5.41) is 0. The van der Waals surface area contributed by atoms with Gasteiger partial charge in [0.2, 0.25) is 0 Å². The lowest BCUT2D eigenvalue weighted by atomic mass is 9.92. The zero-order valence-electron chi connectivity index (χ0n) is 15.1. The Kier molecular flexibility index (Phi) is 6.84. The molecule has 0 saturated carbocycles. The topological polar surface area (TPSA) is 93.8 Å². The lowest BCUT2D eigenvalue weighted by Gasteiger charge is -2.18. The molecular weight excluding hydrogens is 369 g/mol. The molecule has 0 aromatic heterocycles. The minimum absolute atomic E-state index is 0.0830. The normalized spacial score (nSPS) is 13.3. The highest BCUT2D eigenvalue weighted by molar-refractivity contribution is 6.26. The third-order valence-electron chi connectivity index (χ3n) is 4.01. The molecule has 0 aliphatic carbocycles. The summed E-state index contributed by atoms with van der Waals surface area (Å²) in [7, 11) is 1.48. The number of aliphatic imine (C=N–C) groups is 2. The number of benzene rings is 2. The maximum atomic E-state index is 13.8. The number of carbonyl (C=O) groups excluding carboxylic acids is 1. The van der Waals surface area contributed by atoms with E-state index in [0.717, 1.165) is 12.1 Å². The highest BCUT2D eigenvalue weighted by Crippen LogP contribution is 2.22. The van der Waals surface area contributed by atoms with Gasteiger partial charge < -0.3 is 11.5 Å². The second-order valence-corrected chi connectivity index (χ2v) is 5.98. The van der Waals surface area contributed by atoms with Crippen molar-refractivity contribution < 1.29 is 18.0 Å². The minimum atomic E-state index is -0.931. The summed E-state index contributed by atoms with van der Waals surface area (Å²) in [6.45, 7) is 3.40. The molecule has 2 rings (SSSR count). The average molecular weight is 388 g/mol. The van der Waals surface area contributed by atoms with Gasteiger partial charge in [0, 0.05) is 24.9 Å². The Morgan fingerprint density at radius 2 is 1.82 bits per heavy atom. The first-order valence-corrected chi connectivity index (χ1v) is 8.20. The molecule has 5 nitrogen and oxygen atoms in total. The Morgan fingerprint density at radius 1 is 1.18 bits per heavy atom. The van der Waals surface area contributed by atoms with Crippen LogP contribution in [-0.2, 0) is 6.42 Å². The lowest BCUT2D eigenvalue weighted by molar-refractivity contribution is 0.0996. The highest BCUT2D eigenvalue weighted by Gasteiger charge is 2.20. The molecule has 2 aromatic rings. The Balaban J connectivity index is 2.43. The number of rotatable bonds is 7. The summed E-state index contributed by atoms with van der Waals surface area (Å²) in [4.78, 5) is 19.3. The SMILES string of the molecule is C=N/C=C(\C(=N/C)[C@@H](N)Cc1cc(F)cc(F)c1)c1ccc(F)c(C(N)=O)c1. The number of hydrogen-bond donors (Lipinski definition) is 2. The van der Waals surface area contributed by atoms with Gasteiger partial charge in [0.15, 0.2) is 0 Å². The van der Waals surface area contributed by atoms with Crippen molar-refractivity contribution in [1.29, 1.82) is 0 Å². The first kappa shape index (κ1) is 21.0. The maximum absolute atomic E-state index is 13.8. The number of nitrogens with zero attached hydrogens (tertiary/aromatic N) is 2. The summed E-state index contributed by atoms with van der Waals surface area (Å²) in [6, 6.07) is 6.12. The van der Waals surface area contributed by atoms with E-state index < -0.39 is 29.4 Å². The maximum Gasteiger partial charge on any atom is 0.251 e. The molecule has 146 valence electrons. The first-order chi connectivity index (χ1) is 13.3. The summed E-state index contributed by atoms with van der Waals surface area (Å²) < 4.78 is 40.7. The van der Waals surface area contributed by atoms with Crippen LogP contribution in [0.1, 0.15) is 21.5 Å². The van der Waals surface area contributed by atoms with Crippen LogP contribution in [0.25, 0.3) is 5.57 Å². The van der Waals surface area contributed by atoms with Gasteiger partial charge in [0.25, 0.3) is 5.91 Å². The van der Waals surface area contributed by atoms with Crippen molar-refractivity contribution in [2.45, 2.75) is 12.5 Å². The van der Waals surface area contributed by atoms with E-state index in [4.69, 9.17) is 11.5 Å². The zero-order valence-corrected chi connectivity index (χ0v) is 15.1. The molecule has 0 aliphatic rings. The zero-order chi connectivity index (χ0) is 20.8. The van der Waals surface area contributed by atoms with Gasteiger partial charge in [0.1, 0.15) is 17.5 Å². The lowest BCUT2D eigenvalue weighted by Crippen LogP contribution is -2.33. The minimum Gasteiger partial charge on any atom is -0.366 e. The van der Waals surface area contributed by atoms with Crippen molar-refractivity contribution in [3.8, 4) is 0 Å². The van der Waals surface area contributed by atoms with Gasteiger partial charge in [0.05, 0.1) is 17.3 Å². The van der Waals surface area contributed by atoms with Gasteiger partial charge in [-0.2, -0.15) is 0 Å². The summed E-state index contributed by atoms with van der Waals surface area (Å²) in [6.07, 6.45) is 1.44. The second kappa shape index (κ2) is 9.09. The fourth-order valence-corrected chi connectivity index (χ4v) is 2.83. The molecule has 0 fully saturated rings. The van der Waals surface area contributed by atoms with Gasteiger partial charge in [-0.3, -0.25) is 14.8 Å². The van der Waals surface area contributed by atoms with Crippen molar-refractivity contribution in [3.63, 3.8) is 0 Å². The largest absolute Gasteiger partial charge is 0.366 e. The highest BCUT2D eigenvalue weighted by atomic mass is 19.1. The smallest absolute Gasteiger partial charge is 0.251 e. The molecule has 28 heavy (non-hydrogen) atoms. The van der Waals surface area contributed by atoms with Crippen molar-refractivity contribution in [2.75, 3.05) is 7.05 Å². The van der Waals surface area contributed by atoms with Gasteiger partial charge >= 0.3 is 0 Å². The van der Waals surface area contributed by atoms with E-state index in [-0.39, 0.29) is 12.0 Å². The second-order valence-electron chi connectivity index (χ2n) is 5.98. The van der Waals surface area contributed by atoms with E-state index in [2.05, 4.69) is 16.7 Å². The quantitative estimate of drug-likeness (QED) is 0.714. The standard InChI is InChI=1S/C20H19F3N4O/c1-26-10-16(12-3-4-17(23)15(8-12)20(25)28)19(27-2)18(24)7-11-5-13(21)9-14(22)6-11/h3-6,8-10,18H,1,7,24H2,2H3,(H2,25,28)/b16-10-,27-19+/t18-/m0/s1. The van der Waals surface area contributed by atoms with Crippen LogP contribution in [0.2, 0.25) is 0 Å². The molecule has 0 unspecified atom stereocenters. The molecule has 0 radical (unpaired) electrons. The number of amides is 1. The number of halogens is 3. The first-order valence-electron chi connectivity index (χ1n) is 8.20. The molecule has 1 amide bonds. The van der Waals surface area contributed by atoms with E-state index in [1.165, 1.54) is 37.5 Å². The van der Waals surface area contributed by atoms with Crippen LogP contribution in [0.4, 0.5) is 13.2 Å². The molecule has 2 aromatic carbocycles. The molecule has 1 atom stereocenters.